The van der Waals surface area contributed by atoms with Crippen molar-refractivity contribution in [1.29, 1.82) is 0 Å². The normalized spacial score (nSPS) is 19.1. The summed E-state index contributed by atoms with van der Waals surface area (Å²) in [5, 5.41) is 4.87. The second-order valence-electron chi connectivity index (χ2n) is 6.60. The van der Waals surface area contributed by atoms with Gasteiger partial charge in [0, 0.05) is 42.5 Å². The molecule has 0 amide bonds. The van der Waals surface area contributed by atoms with Crippen molar-refractivity contribution in [2.45, 2.75) is 12.1 Å². The van der Waals surface area contributed by atoms with Crippen LogP contribution in [0.1, 0.15) is 23.5 Å². The Hall–Kier alpha value is -2.41. The first kappa shape index (κ1) is 18.9. The quantitative estimate of drug-likeness (QED) is 0.616. The number of benzene rings is 1. The SMILES string of the molecule is COCCN1C(=S)N[C@H](c2ccccn2)[C@@H]1c1cccn1-c1cccc(Cl)c1. The Morgan fingerprint density at radius 3 is 2.82 bits per heavy atom. The third-order valence-electron chi connectivity index (χ3n) is 4.90. The molecule has 1 aliphatic heterocycles. The molecule has 0 spiro atoms. The van der Waals surface area contributed by atoms with Crippen LogP contribution in [0.25, 0.3) is 5.69 Å². The van der Waals surface area contributed by atoms with Gasteiger partial charge >= 0.3 is 0 Å². The van der Waals surface area contributed by atoms with Crippen LogP contribution in [0, 0.1) is 0 Å². The van der Waals surface area contributed by atoms with E-state index in [9.17, 15) is 0 Å². The lowest BCUT2D eigenvalue weighted by Crippen LogP contribution is -2.33. The summed E-state index contributed by atoms with van der Waals surface area (Å²) in [7, 11) is 1.70. The first-order valence-corrected chi connectivity index (χ1v) is 9.88. The minimum Gasteiger partial charge on any atom is -0.383 e. The van der Waals surface area contributed by atoms with Crippen molar-refractivity contribution in [3.05, 3.63) is 83.4 Å². The summed E-state index contributed by atoms with van der Waals surface area (Å²) in [6.07, 6.45) is 3.86. The highest BCUT2D eigenvalue weighted by Crippen LogP contribution is 2.39. The van der Waals surface area contributed by atoms with Gasteiger partial charge in [0.1, 0.15) is 0 Å². The number of methoxy groups -OCH3 is 1. The van der Waals surface area contributed by atoms with E-state index in [0.717, 1.165) is 17.1 Å². The molecule has 2 aromatic heterocycles. The van der Waals surface area contributed by atoms with E-state index in [4.69, 9.17) is 28.6 Å². The Morgan fingerprint density at radius 2 is 2.07 bits per heavy atom. The number of aromatic nitrogens is 2. The summed E-state index contributed by atoms with van der Waals surface area (Å²) in [6.45, 7) is 1.28. The smallest absolute Gasteiger partial charge is 0.170 e. The van der Waals surface area contributed by atoms with Crippen LogP contribution in [-0.4, -0.2) is 39.8 Å². The minimum absolute atomic E-state index is 0.0217. The summed E-state index contributed by atoms with van der Waals surface area (Å²) >= 11 is 11.9. The summed E-state index contributed by atoms with van der Waals surface area (Å²) in [6, 6.07) is 17.9. The highest BCUT2D eigenvalue weighted by molar-refractivity contribution is 7.80. The zero-order valence-corrected chi connectivity index (χ0v) is 17.0. The van der Waals surface area contributed by atoms with Crippen LogP contribution in [0.5, 0.6) is 0 Å². The molecule has 1 N–H and O–H groups in total. The van der Waals surface area contributed by atoms with Gasteiger partial charge in [-0.25, -0.2) is 0 Å². The van der Waals surface area contributed by atoms with Crippen LogP contribution in [0.2, 0.25) is 5.02 Å². The van der Waals surface area contributed by atoms with E-state index in [1.165, 1.54) is 0 Å². The average Bonchev–Trinajstić information content (AvgIpc) is 3.31. The maximum atomic E-state index is 6.24. The standard InChI is InChI=1S/C21H21ClN4OS/c1-27-13-12-26-20(19(24-21(26)28)17-8-2-3-10-23-17)18-9-5-11-25(18)16-7-4-6-15(22)14-16/h2-11,14,19-20H,12-13H2,1H3,(H,24,28)/t19-,20+/m1/s1. The van der Waals surface area contributed by atoms with Crippen molar-refractivity contribution in [2.24, 2.45) is 0 Å². The number of nitrogens with one attached hydrogen (secondary N) is 1. The van der Waals surface area contributed by atoms with Gasteiger partial charge in [-0.05, 0) is 54.7 Å². The zero-order chi connectivity index (χ0) is 19.5. The number of ether oxygens (including phenoxy) is 1. The maximum Gasteiger partial charge on any atom is 0.170 e. The summed E-state index contributed by atoms with van der Waals surface area (Å²) < 4.78 is 7.48. The number of hydrogen-bond acceptors (Lipinski definition) is 3. The van der Waals surface area contributed by atoms with Gasteiger partial charge in [0.2, 0.25) is 0 Å². The van der Waals surface area contributed by atoms with Crippen LogP contribution in [0.15, 0.2) is 67.0 Å². The van der Waals surface area contributed by atoms with Gasteiger partial charge in [-0.1, -0.05) is 23.7 Å². The summed E-state index contributed by atoms with van der Waals surface area (Å²) in [4.78, 5) is 6.75. The topological polar surface area (TPSA) is 42.3 Å². The molecule has 1 fully saturated rings. The van der Waals surface area contributed by atoms with Crippen molar-refractivity contribution in [1.82, 2.24) is 19.8 Å². The molecule has 1 saturated heterocycles. The molecule has 0 aliphatic carbocycles. The highest BCUT2D eigenvalue weighted by Gasteiger charge is 2.41. The predicted octanol–water partition coefficient (Wildman–Crippen LogP) is 4.14. The largest absolute Gasteiger partial charge is 0.383 e. The first-order valence-electron chi connectivity index (χ1n) is 9.09. The van der Waals surface area contributed by atoms with Gasteiger partial charge in [-0.2, -0.15) is 0 Å². The van der Waals surface area contributed by atoms with Crippen molar-refractivity contribution >= 4 is 28.9 Å². The highest BCUT2D eigenvalue weighted by atomic mass is 35.5. The molecular weight excluding hydrogens is 392 g/mol. The zero-order valence-electron chi connectivity index (χ0n) is 15.5. The van der Waals surface area contributed by atoms with Crippen molar-refractivity contribution in [3.63, 3.8) is 0 Å². The molecule has 3 aromatic rings. The number of halogens is 1. The van der Waals surface area contributed by atoms with E-state index >= 15 is 0 Å². The fourth-order valence-corrected chi connectivity index (χ4v) is 4.17. The molecule has 1 aromatic carbocycles. The number of pyridine rings is 1. The maximum absolute atomic E-state index is 6.24. The molecule has 0 radical (unpaired) electrons. The Bertz CT molecular complexity index is 962. The van der Waals surface area contributed by atoms with E-state index in [2.05, 4.69) is 25.8 Å². The van der Waals surface area contributed by atoms with Gasteiger partial charge in [0.25, 0.3) is 0 Å². The monoisotopic (exact) mass is 412 g/mol. The van der Waals surface area contributed by atoms with E-state index in [-0.39, 0.29) is 12.1 Å². The molecule has 2 atom stereocenters. The molecule has 0 saturated carbocycles. The van der Waals surface area contributed by atoms with Crippen LogP contribution in [-0.2, 0) is 4.74 Å². The lowest BCUT2D eigenvalue weighted by Gasteiger charge is -2.28. The van der Waals surface area contributed by atoms with Gasteiger partial charge in [-0.3, -0.25) is 4.98 Å². The fraction of sp³-hybridized carbons (Fsp3) is 0.238. The lowest BCUT2D eigenvalue weighted by molar-refractivity contribution is 0.163. The molecule has 7 heteroatoms. The Balaban J connectivity index is 1.79. The number of hydrogen-bond donors (Lipinski definition) is 1. The number of rotatable bonds is 6. The lowest BCUT2D eigenvalue weighted by atomic mass is 10.0. The summed E-state index contributed by atoms with van der Waals surface area (Å²) in [5.74, 6) is 0. The van der Waals surface area contributed by atoms with Gasteiger partial charge in [0.05, 0.1) is 24.4 Å². The third-order valence-corrected chi connectivity index (χ3v) is 5.49. The van der Waals surface area contributed by atoms with Crippen LogP contribution in [0.4, 0.5) is 0 Å². The van der Waals surface area contributed by atoms with Gasteiger partial charge in [0.15, 0.2) is 5.11 Å². The molecule has 5 nitrogen and oxygen atoms in total. The van der Waals surface area contributed by atoms with Crippen LogP contribution in [0.3, 0.4) is 0 Å². The van der Waals surface area contributed by atoms with Gasteiger partial charge in [-0.15, -0.1) is 0 Å². The molecule has 0 bridgehead atoms. The van der Waals surface area contributed by atoms with Crippen molar-refractivity contribution in [3.8, 4) is 5.69 Å². The van der Waals surface area contributed by atoms with Crippen molar-refractivity contribution in [2.75, 3.05) is 20.3 Å². The van der Waals surface area contributed by atoms with Crippen LogP contribution >= 0.6 is 23.8 Å². The predicted molar refractivity (Wildman–Crippen MR) is 115 cm³/mol. The fourth-order valence-electron chi connectivity index (χ4n) is 3.65. The molecule has 28 heavy (non-hydrogen) atoms. The Morgan fingerprint density at radius 1 is 1.18 bits per heavy atom. The second-order valence-corrected chi connectivity index (χ2v) is 7.42. The number of thiocarbonyl (C=S) groups is 1. The second kappa shape index (κ2) is 8.31. The Labute approximate surface area is 174 Å². The van der Waals surface area contributed by atoms with E-state index in [1.807, 2.05) is 60.9 Å². The molecule has 1 aliphatic rings. The molecule has 0 unspecified atom stereocenters. The summed E-state index contributed by atoms with van der Waals surface area (Å²) in [5.41, 5.74) is 3.08. The van der Waals surface area contributed by atoms with E-state index in [0.29, 0.717) is 23.3 Å². The van der Waals surface area contributed by atoms with Crippen molar-refractivity contribution < 1.29 is 4.74 Å². The molecular formula is C21H21ClN4OS. The number of nitrogens with zero attached hydrogens (tertiary/aromatic N) is 3. The van der Waals surface area contributed by atoms with E-state index in [1.54, 1.807) is 7.11 Å². The van der Waals surface area contributed by atoms with Crippen LogP contribution < -0.4 is 5.32 Å². The third kappa shape index (κ3) is 3.63. The Kier molecular flexibility index (Phi) is 5.62. The molecule has 4 rings (SSSR count). The van der Waals surface area contributed by atoms with Gasteiger partial charge < -0.3 is 19.5 Å². The van der Waals surface area contributed by atoms with E-state index < -0.39 is 0 Å². The minimum atomic E-state index is -0.0570. The first-order chi connectivity index (χ1) is 13.7. The molecule has 3 heterocycles. The average molecular weight is 413 g/mol. The molecule has 144 valence electrons.